The van der Waals surface area contributed by atoms with E-state index in [0.29, 0.717) is 9.98 Å². The molecule has 0 saturated heterocycles. The molecule has 28 heavy (non-hydrogen) atoms. The maximum atomic E-state index is 12.0. The summed E-state index contributed by atoms with van der Waals surface area (Å²) >= 11 is 10.6. The van der Waals surface area contributed by atoms with Gasteiger partial charge in [-0.3, -0.25) is 10.0 Å². The number of nitrogens with zero attached hydrogens (tertiary/aromatic N) is 4. The number of hydrogen-bond acceptors (Lipinski definition) is 6. The Morgan fingerprint density at radius 1 is 0.750 bits per heavy atom. The van der Waals surface area contributed by atoms with E-state index >= 15 is 0 Å². The number of hydrazone groups is 2. The molecular formula is C19H18CoN4O2S2. The molecular weight excluding hydrogens is 439 g/mol. The average Bonchev–Trinajstić information content (AvgIpc) is 2.67. The minimum Gasteiger partial charge on any atom is -0.860 e. The van der Waals surface area contributed by atoms with Gasteiger partial charge in [0.1, 0.15) is 9.98 Å². The van der Waals surface area contributed by atoms with Gasteiger partial charge in [-0.15, -0.1) is 0 Å². The summed E-state index contributed by atoms with van der Waals surface area (Å²) in [5, 5.41) is 34.2. The summed E-state index contributed by atoms with van der Waals surface area (Å²) in [5.41, 5.74) is 1.52. The topological polar surface area (TPSA) is 77.3 Å². The van der Waals surface area contributed by atoms with Crippen LogP contribution in [0, 0.1) is 0 Å². The Hall–Kier alpha value is -2.33. The molecule has 0 aromatic heterocycles. The van der Waals surface area contributed by atoms with Gasteiger partial charge < -0.3 is 10.2 Å². The standard InChI is InChI=1S/C19H20N4O2S2.Co/c1-22(18(26)14-9-5-3-6-10-14)20-16(24)13-17(25)21-23(2)19(27)15-11-7-4-8-12-15;/h3-12H,13H2,1-2H3,(H,20,24)(H,21,25);/q;+2/p-2. The van der Waals surface area contributed by atoms with E-state index < -0.39 is 18.2 Å². The largest absolute Gasteiger partial charge is 2.00 e. The average molecular weight is 457 g/mol. The molecule has 0 aliphatic rings. The summed E-state index contributed by atoms with van der Waals surface area (Å²) in [6, 6.07) is 18.4. The molecule has 0 aliphatic heterocycles. The second-order valence-electron chi connectivity index (χ2n) is 5.55. The molecule has 0 spiro atoms. The zero-order valence-electron chi connectivity index (χ0n) is 15.2. The maximum absolute atomic E-state index is 12.0. The molecule has 6 nitrogen and oxygen atoms in total. The number of benzene rings is 2. The molecule has 0 N–H and O–H groups in total. The van der Waals surface area contributed by atoms with Crippen molar-refractivity contribution in [1.29, 1.82) is 0 Å². The molecule has 0 atom stereocenters. The van der Waals surface area contributed by atoms with Crippen molar-refractivity contribution in [3.8, 4) is 0 Å². The van der Waals surface area contributed by atoms with Gasteiger partial charge in [0.2, 0.25) is 0 Å². The number of hydrogen-bond donors (Lipinski definition) is 0. The van der Waals surface area contributed by atoms with Gasteiger partial charge in [-0.2, -0.15) is 10.2 Å². The van der Waals surface area contributed by atoms with Gasteiger partial charge in [0.25, 0.3) is 0 Å². The van der Waals surface area contributed by atoms with Gasteiger partial charge in [0.15, 0.2) is 0 Å². The molecule has 0 fully saturated rings. The van der Waals surface area contributed by atoms with Crippen molar-refractivity contribution >= 4 is 46.2 Å². The molecule has 0 aliphatic carbocycles. The second-order valence-corrected chi connectivity index (χ2v) is 6.33. The Labute approximate surface area is 185 Å². The van der Waals surface area contributed by atoms with Crippen LogP contribution in [0.2, 0.25) is 0 Å². The summed E-state index contributed by atoms with van der Waals surface area (Å²) in [6.45, 7) is 0. The van der Waals surface area contributed by atoms with Crippen molar-refractivity contribution in [2.75, 3.05) is 14.1 Å². The van der Waals surface area contributed by atoms with Crippen LogP contribution in [0.15, 0.2) is 70.9 Å². The van der Waals surface area contributed by atoms with Gasteiger partial charge in [0.05, 0.1) is 0 Å². The quantitative estimate of drug-likeness (QED) is 0.282. The van der Waals surface area contributed by atoms with E-state index in [1.165, 1.54) is 10.0 Å². The third kappa shape index (κ3) is 7.00. The fraction of sp³-hybridized carbons (Fsp3) is 0.158. The van der Waals surface area contributed by atoms with E-state index in [0.717, 1.165) is 11.1 Å². The van der Waals surface area contributed by atoms with Gasteiger partial charge in [-0.05, 0) is 11.8 Å². The Morgan fingerprint density at radius 2 is 1.07 bits per heavy atom. The fourth-order valence-corrected chi connectivity index (χ4v) is 2.51. The molecule has 2 aromatic carbocycles. The number of thiocarbonyl (C=S) groups is 2. The monoisotopic (exact) mass is 457 g/mol. The van der Waals surface area contributed by atoms with Crippen LogP contribution in [0.3, 0.4) is 0 Å². The SMILES string of the molecule is CN(/N=C(\[O-])C/C([O-])=N/N(C)C(=S)c1ccccc1)C(=S)c1ccccc1.[Co+2]. The zero-order chi connectivity index (χ0) is 19.8. The molecule has 2 aromatic rings. The summed E-state index contributed by atoms with van der Waals surface area (Å²) in [5.74, 6) is -1.27. The molecule has 2 rings (SSSR count). The minimum atomic E-state index is -0.636. The van der Waals surface area contributed by atoms with E-state index in [4.69, 9.17) is 24.4 Å². The first kappa shape index (κ1) is 23.7. The molecule has 0 unspecified atom stereocenters. The van der Waals surface area contributed by atoms with E-state index in [1.54, 1.807) is 14.1 Å². The summed E-state index contributed by atoms with van der Waals surface area (Å²) in [6.07, 6.45) is -0.469. The van der Waals surface area contributed by atoms with Crippen molar-refractivity contribution in [2.45, 2.75) is 6.42 Å². The predicted octanol–water partition coefficient (Wildman–Crippen LogP) is 1.34. The van der Waals surface area contributed by atoms with E-state index in [2.05, 4.69) is 10.2 Å². The maximum Gasteiger partial charge on any atom is 2.00 e. The smallest absolute Gasteiger partial charge is 0.860 e. The minimum absolute atomic E-state index is 0. The van der Waals surface area contributed by atoms with Crippen LogP contribution < -0.4 is 10.2 Å². The molecule has 0 saturated carbocycles. The van der Waals surface area contributed by atoms with Gasteiger partial charge in [0, 0.05) is 31.6 Å². The molecule has 9 heteroatoms. The second kappa shape index (κ2) is 11.5. The zero-order valence-corrected chi connectivity index (χ0v) is 17.9. The Kier molecular flexibility index (Phi) is 9.73. The Morgan fingerprint density at radius 3 is 1.39 bits per heavy atom. The van der Waals surface area contributed by atoms with E-state index in [1.807, 2.05) is 60.7 Å². The third-order valence-electron chi connectivity index (χ3n) is 3.45. The van der Waals surface area contributed by atoms with Crippen LogP contribution in [0.5, 0.6) is 0 Å². The van der Waals surface area contributed by atoms with E-state index in [9.17, 15) is 10.2 Å². The van der Waals surface area contributed by atoms with Crippen molar-refractivity contribution in [2.24, 2.45) is 10.2 Å². The molecule has 0 heterocycles. The van der Waals surface area contributed by atoms with Crippen LogP contribution in [-0.4, -0.2) is 45.9 Å². The summed E-state index contributed by atoms with van der Waals surface area (Å²) < 4.78 is 0. The van der Waals surface area contributed by atoms with Crippen LogP contribution in [0.4, 0.5) is 0 Å². The van der Waals surface area contributed by atoms with Crippen LogP contribution in [0.1, 0.15) is 17.5 Å². The van der Waals surface area contributed by atoms with Crippen molar-refractivity contribution in [3.05, 3.63) is 71.8 Å². The van der Waals surface area contributed by atoms with Crippen LogP contribution >= 0.6 is 24.4 Å². The normalized spacial score (nSPS) is 11.4. The van der Waals surface area contributed by atoms with Crippen LogP contribution in [0.25, 0.3) is 0 Å². The summed E-state index contributed by atoms with van der Waals surface area (Å²) in [7, 11) is 3.12. The van der Waals surface area contributed by atoms with Crippen molar-refractivity contribution in [1.82, 2.24) is 10.0 Å². The van der Waals surface area contributed by atoms with Crippen molar-refractivity contribution in [3.63, 3.8) is 0 Å². The van der Waals surface area contributed by atoms with Gasteiger partial charge in [-0.1, -0.05) is 85.1 Å². The van der Waals surface area contributed by atoms with Crippen LogP contribution in [-0.2, 0) is 16.8 Å². The summed E-state index contributed by atoms with van der Waals surface area (Å²) in [4.78, 5) is 0.770. The molecule has 0 amide bonds. The molecule has 147 valence electrons. The van der Waals surface area contributed by atoms with Crippen molar-refractivity contribution < 1.29 is 27.0 Å². The van der Waals surface area contributed by atoms with Gasteiger partial charge >= 0.3 is 16.8 Å². The Bertz CT molecular complexity index is 789. The predicted molar refractivity (Wildman–Crippen MR) is 111 cm³/mol. The first-order chi connectivity index (χ1) is 12.9. The first-order valence-corrected chi connectivity index (χ1v) is 8.85. The third-order valence-corrected chi connectivity index (χ3v) is 4.45. The molecule has 1 radical (unpaired) electrons. The Balaban J connectivity index is 0.00000392. The van der Waals surface area contributed by atoms with E-state index in [-0.39, 0.29) is 16.8 Å². The first-order valence-electron chi connectivity index (χ1n) is 8.03. The molecule has 0 bridgehead atoms. The fourth-order valence-electron chi connectivity index (χ4n) is 2.16. The number of rotatable bonds is 6. The van der Waals surface area contributed by atoms with Gasteiger partial charge in [-0.25, -0.2) is 0 Å².